The molecule has 0 aromatic heterocycles. The molecule has 2 aromatic carbocycles. The van der Waals surface area contributed by atoms with E-state index in [0.29, 0.717) is 5.75 Å². The van der Waals surface area contributed by atoms with Crippen LogP contribution in [0.3, 0.4) is 0 Å². The Kier molecular flexibility index (Phi) is 3.61. The highest BCUT2D eigenvalue weighted by Gasteiger charge is 2.17. The van der Waals surface area contributed by atoms with Crippen LogP contribution in [0, 0.1) is 6.92 Å². The maximum atomic E-state index is 11.9. The molecule has 0 amide bonds. The number of carbonyl (C=O) groups is 2. The third-order valence-corrected chi connectivity index (χ3v) is 2.61. The van der Waals surface area contributed by atoms with Gasteiger partial charge in [-0.15, -0.1) is 0 Å². The van der Waals surface area contributed by atoms with Crippen molar-refractivity contribution in [2.24, 2.45) is 0 Å². The van der Waals surface area contributed by atoms with Crippen molar-refractivity contribution >= 4 is 11.9 Å². The molecule has 0 atom stereocenters. The largest absolute Gasteiger partial charge is 0.478 e. The fourth-order valence-corrected chi connectivity index (χ4v) is 1.62. The zero-order valence-corrected chi connectivity index (χ0v) is 10.3. The number of hydrogen-bond donors (Lipinski definition) is 1. The molecule has 2 rings (SSSR count). The average molecular weight is 256 g/mol. The zero-order valence-electron chi connectivity index (χ0n) is 10.3. The van der Waals surface area contributed by atoms with Crippen molar-refractivity contribution in [3.8, 4) is 5.75 Å². The molecule has 0 saturated carbocycles. The molecule has 0 aliphatic rings. The summed E-state index contributed by atoms with van der Waals surface area (Å²) < 4.78 is 5.14. The van der Waals surface area contributed by atoms with E-state index in [1.54, 1.807) is 24.3 Å². The van der Waals surface area contributed by atoms with Crippen molar-refractivity contribution in [1.82, 2.24) is 0 Å². The summed E-state index contributed by atoms with van der Waals surface area (Å²) in [6.07, 6.45) is 0. The quantitative estimate of drug-likeness (QED) is 0.677. The minimum atomic E-state index is -1.16. The van der Waals surface area contributed by atoms with Gasteiger partial charge in [-0.25, -0.2) is 9.59 Å². The molecule has 0 radical (unpaired) electrons. The van der Waals surface area contributed by atoms with Crippen LogP contribution in [0.4, 0.5) is 0 Å². The number of aryl methyl sites for hydroxylation is 1. The van der Waals surface area contributed by atoms with E-state index in [-0.39, 0.29) is 11.1 Å². The molecule has 2 aromatic rings. The van der Waals surface area contributed by atoms with Crippen molar-refractivity contribution in [2.45, 2.75) is 6.92 Å². The van der Waals surface area contributed by atoms with Crippen LogP contribution in [0.15, 0.2) is 48.5 Å². The lowest BCUT2D eigenvalue weighted by Crippen LogP contribution is -2.13. The van der Waals surface area contributed by atoms with E-state index < -0.39 is 11.9 Å². The third-order valence-electron chi connectivity index (χ3n) is 2.61. The molecule has 96 valence electrons. The van der Waals surface area contributed by atoms with Gasteiger partial charge >= 0.3 is 11.9 Å². The summed E-state index contributed by atoms with van der Waals surface area (Å²) in [6, 6.07) is 12.9. The summed E-state index contributed by atoms with van der Waals surface area (Å²) in [5.74, 6) is -1.45. The van der Waals surface area contributed by atoms with Crippen molar-refractivity contribution in [2.75, 3.05) is 0 Å². The highest BCUT2D eigenvalue weighted by molar-refractivity contribution is 6.03. The van der Waals surface area contributed by atoms with Crippen LogP contribution >= 0.6 is 0 Å². The average Bonchev–Trinajstić information content (AvgIpc) is 2.41. The molecular weight excluding hydrogens is 244 g/mol. The Bertz CT molecular complexity index is 614. The van der Waals surface area contributed by atoms with Crippen molar-refractivity contribution in [1.29, 1.82) is 0 Å². The fourth-order valence-electron chi connectivity index (χ4n) is 1.62. The second kappa shape index (κ2) is 5.35. The molecule has 0 bridgehead atoms. The molecule has 0 unspecified atom stereocenters. The van der Waals surface area contributed by atoms with Crippen LogP contribution in [0.5, 0.6) is 5.75 Å². The first-order chi connectivity index (χ1) is 9.08. The predicted molar refractivity (Wildman–Crippen MR) is 69.5 cm³/mol. The lowest BCUT2D eigenvalue weighted by molar-refractivity contribution is 0.0668. The molecule has 1 N–H and O–H groups in total. The van der Waals surface area contributed by atoms with Gasteiger partial charge in [-0.05, 0) is 31.2 Å². The molecular formula is C15H12O4. The van der Waals surface area contributed by atoms with Crippen LogP contribution in [0.1, 0.15) is 26.3 Å². The molecule has 0 aliphatic carbocycles. The number of esters is 1. The van der Waals surface area contributed by atoms with E-state index in [1.165, 1.54) is 12.1 Å². The third kappa shape index (κ3) is 2.98. The molecule has 19 heavy (non-hydrogen) atoms. The lowest BCUT2D eigenvalue weighted by Gasteiger charge is -2.06. The molecule has 0 fully saturated rings. The Morgan fingerprint density at radius 2 is 1.53 bits per heavy atom. The van der Waals surface area contributed by atoms with Crippen LogP contribution in [-0.2, 0) is 0 Å². The Hall–Kier alpha value is -2.62. The van der Waals surface area contributed by atoms with Crippen LogP contribution < -0.4 is 4.74 Å². The molecule has 4 heteroatoms. The Labute approximate surface area is 110 Å². The Morgan fingerprint density at radius 1 is 0.947 bits per heavy atom. The second-order valence-corrected chi connectivity index (χ2v) is 4.05. The summed E-state index contributed by atoms with van der Waals surface area (Å²) in [6.45, 7) is 1.92. The standard InChI is InChI=1S/C15H12O4/c1-10-6-8-11(9-7-10)19-15(18)13-5-3-2-4-12(13)14(16)17/h2-9H,1H3,(H,16,17). The summed E-state index contributed by atoms with van der Waals surface area (Å²) in [5, 5.41) is 9.01. The van der Waals surface area contributed by atoms with Gasteiger partial charge in [0.25, 0.3) is 0 Å². The maximum Gasteiger partial charge on any atom is 0.344 e. The number of rotatable bonds is 3. The first-order valence-corrected chi connectivity index (χ1v) is 5.69. The minimum absolute atomic E-state index is 0.0376. The van der Waals surface area contributed by atoms with Gasteiger partial charge in [-0.1, -0.05) is 29.8 Å². The van der Waals surface area contributed by atoms with Gasteiger partial charge in [-0.3, -0.25) is 0 Å². The number of hydrogen-bond acceptors (Lipinski definition) is 3. The van der Waals surface area contributed by atoms with Gasteiger partial charge in [0.15, 0.2) is 0 Å². The zero-order chi connectivity index (χ0) is 13.8. The first-order valence-electron chi connectivity index (χ1n) is 5.69. The molecule has 0 heterocycles. The molecule has 4 nitrogen and oxygen atoms in total. The SMILES string of the molecule is Cc1ccc(OC(=O)c2ccccc2C(=O)O)cc1. The smallest absolute Gasteiger partial charge is 0.344 e. The molecule has 0 aliphatic heterocycles. The summed E-state index contributed by atoms with van der Waals surface area (Å²) in [7, 11) is 0. The van der Waals surface area contributed by atoms with Crippen LogP contribution in [0.2, 0.25) is 0 Å². The number of carboxylic acids is 1. The normalized spacial score (nSPS) is 9.95. The van der Waals surface area contributed by atoms with Gasteiger partial charge in [0.2, 0.25) is 0 Å². The van der Waals surface area contributed by atoms with Gasteiger partial charge in [0.1, 0.15) is 5.75 Å². The van der Waals surface area contributed by atoms with E-state index in [1.807, 2.05) is 19.1 Å². The highest BCUT2D eigenvalue weighted by atomic mass is 16.5. The number of benzene rings is 2. The number of carboxylic acid groups (broad SMARTS) is 1. The number of aromatic carboxylic acids is 1. The summed E-state index contributed by atoms with van der Waals surface area (Å²) in [5.41, 5.74) is 1.01. The predicted octanol–water partition coefficient (Wildman–Crippen LogP) is 2.91. The van der Waals surface area contributed by atoms with Gasteiger partial charge in [0, 0.05) is 0 Å². The van der Waals surface area contributed by atoms with E-state index in [9.17, 15) is 9.59 Å². The summed E-state index contributed by atoms with van der Waals surface area (Å²) >= 11 is 0. The van der Waals surface area contributed by atoms with Crippen molar-refractivity contribution < 1.29 is 19.4 Å². The van der Waals surface area contributed by atoms with E-state index in [2.05, 4.69) is 0 Å². The van der Waals surface area contributed by atoms with Crippen LogP contribution in [0.25, 0.3) is 0 Å². The van der Waals surface area contributed by atoms with Crippen LogP contribution in [-0.4, -0.2) is 17.0 Å². The van der Waals surface area contributed by atoms with E-state index >= 15 is 0 Å². The lowest BCUT2D eigenvalue weighted by atomic mass is 10.1. The summed E-state index contributed by atoms with van der Waals surface area (Å²) in [4.78, 5) is 23.0. The number of carbonyl (C=O) groups excluding carboxylic acids is 1. The van der Waals surface area contributed by atoms with Gasteiger partial charge in [0.05, 0.1) is 11.1 Å². The number of ether oxygens (including phenoxy) is 1. The van der Waals surface area contributed by atoms with E-state index in [4.69, 9.17) is 9.84 Å². The maximum absolute atomic E-state index is 11.9. The van der Waals surface area contributed by atoms with Crippen molar-refractivity contribution in [3.63, 3.8) is 0 Å². The van der Waals surface area contributed by atoms with E-state index in [0.717, 1.165) is 5.56 Å². The topological polar surface area (TPSA) is 63.6 Å². The molecule has 0 saturated heterocycles. The Morgan fingerprint density at radius 3 is 2.11 bits per heavy atom. The second-order valence-electron chi connectivity index (χ2n) is 4.05. The van der Waals surface area contributed by atoms with Gasteiger partial charge in [-0.2, -0.15) is 0 Å². The molecule has 0 spiro atoms. The van der Waals surface area contributed by atoms with Gasteiger partial charge < -0.3 is 9.84 Å². The van der Waals surface area contributed by atoms with Crippen molar-refractivity contribution in [3.05, 3.63) is 65.2 Å². The Balaban J connectivity index is 2.25. The minimum Gasteiger partial charge on any atom is -0.478 e. The highest BCUT2D eigenvalue weighted by Crippen LogP contribution is 2.16. The fraction of sp³-hybridized carbons (Fsp3) is 0.0667. The monoisotopic (exact) mass is 256 g/mol. The first kappa shape index (κ1) is 12.8.